The first kappa shape index (κ1) is 20.9. The molecular weight excluding hydrogens is 271 g/mol. The lowest BCUT2D eigenvalue weighted by Gasteiger charge is -2.12. The summed E-state index contributed by atoms with van der Waals surface area (Å²) in [5, 5.41) is 26.0. The van der Waals surface area contributed by atoms with Crippen molar-refractivity contribution < 1.29 is 15.3 Å². The Balaban J connectivity index is 0. The van der Waals surface area contributed by atoms with Gasteiger partial charge in [-0.25, -0.2) is 0 Å². The molecule has 0 aromatic rings. The normalized spacial score (nSPS) is 11.3. The van der Waals surface area contributed by atoms with E-state index in [-0.39, 0.29) is 18.8 Å². The second-order valence-corrected chi connectivity index (χ2v) is 5.43. The number of aliphatic hydroxyl groups is 3. The zero-order chi connectivity index (χ0) is 13.0. The summed E-state index contributed by atoms with van der Waals surface area (Å²) in [5.41, 5.74) is 0. The molecule has 0 aromatic carbocycles. The van der Waals surface area contributed by atoms with E-state index in [0.717, 1.165) is 12.8 Å². The molecule has 0 saturated heterocycles. The van der Waals surface area contributed by atoms with E-state index in [0.29, 0.717) is 6.42 Å². The number of halogens is 1. The summed E-state index contributed by atoms with van der Waals surface area (Å²) in [6.45, 7) is 0. The van der Waals surface area contributed by atoms with Gasteiger partial charge < -0.3 is 15.3 Å². The Morgan fingerprint density at radius 1 is 0.611 bits per heavy atom. The van der Waals surface area contributed by atoms with Crippen molar-refractivity contribution in [2.45, 2.75) is 76.6 Å². The highest BCUT2D eigenvalue weighted by molar-refractivity contribution is 7.16. The summed E-state index contributed by atoms with van der Waals surface area (Å²) >= 11 is 0. The molecule has 1 unspecified atom stereocenters. The van der Waals surface area contributed by atoms with E-state index in [1.165, 1.54) is 51.1 Å². The van der Waals surface area contributed by atoms with E-state index in [2.05, 4.69) is 9.24 Å². The monoisotopic (exact) mass is 300 g/mol. The zero-order valence-electron chi connectivity index (χ0n) is 11.3. The van der Waals surface area contributed by atoms with Crippen molar-refractivity contribution in [3.63, 3.8) is 0 Å². The number of hydrogen-bond acceptors (Lipinski definition) is 3. The maximum absolute atomic E-state index is 8.67. The van der Waals surface area contributed by atoms with Gasteiger partial charge in [-0.05, 0) is 19.0 Å². The van der Waals surface area contributed by atoms with Gasteiger partial charge >= 0.3 is 0 Å². The molecule has 18 heavy (non-hydrogen) atoms. The average Bonchev–Trinajstić information content (AvgIpc) is 2.24. The highest BCUT2D eigenvalue weighted by Crippen LogP contribution is 2.13. The smallest absolute Gasteiger partial charge is 0.275 e. The van der Waals surface area contributed by atoms with Gasteiger partial charge in [0.05, 0.1) is 0 Å². The van der Waals surface area contributed by atoms with Crippen LogP contribution in [0.4, 0.5) is 0 Å². The molecule has 0 aromatic heterocycles. The number of rotatable bonds is 12. The lowest BCUT2D eigenvalue weighted by Crippen LogP contribution is -2.26. The van der Waals surface area contributed by atoms with Gasteiger partial charge in [-0.2, -0.15) is 0 Å². The average molecular weight is 301 g/mol. The molecule has 0 rings (SSSR count). The molecule has 0 amide bonds. The second-order valence-electron chi connectivity index (χ2n) is 4.85. The van der Waals surface area contributed by atoms with Crippen LogP contribution in [0.3, 0.4) is 0 Å². The van der Waals surface area contributed by atoms with Crippen molar-refractivity contribution in [2.75, 3.05) is 6.16 Å². The predicted molar refractivity (Wildman–Crippen MR) is 82.0 cm³/mol. The molecule has 0 aliphatic rings. The number of hydrogen-bond donors (Lipinski definition) is 3. The Morgan fingerprint density at radius 2 is 0.944 bits per heavy atom. The van der Waals surface area contributed by atoms with Gasteiger partial charge in [-0.3, -0.25) is 0 Å². The summed E-state index contributed by atoms with van der Waals surface area (Å²) in [6, 6.07) is 0. The van der Waals surface area contributed by atoms with Gasteiger partial charge in [-0.15, -0.1) is 21.6 Å². The standard InChI is InChI=1S/C13H29O3P.ClH/c14-13(15,16)11-9-7-5-3-1-2-4-6-8-10-12-17;/h14-16H,1-12,17H2;1H. The fourth-order valence-corrected chi connectivity index (χ4v) is 2.21. The van der Waals surface area contributed by atoms with E-state index in [9.17, 15) is 0 Å². The highest BCUT2D eigenvalue weighted by atomic mass is 35.5. The fraction of sp³-hybridized carbons (Fsp3) is 1.00. The van der Waals surface area contributed by atoms with Crippen LogP contribution in [-0.4, -0.2) is 27.5 Å². The van der Waals surface area contributed by atoms with Crippen LogP contribution in [0.15, 0.2) is 0 Å². The van der Waals surface area contributed by atoms with Gasteiger partial charge in [-0.1, -0.05) is 51.4 Å². The first-order chi connectivity index (χ1) is 8.06. The Kier molecular flexibility index (Phi) is 16.3. The van der Waals surface area contributed by atoms with E-state index in [4.69, 9.17) is 15.3 Å². The van der Waals surface area contributed by atoms with Crippen molar-refractivity contribution in [1.82, 2.24) is 0 Å². The number of unbranched alkanes of at least 4 members (excludes halogenated alkanes) is 9. The van der Waals surface area contributed by atoms with Crippen LogP contribution in [0, 0.1) is 0 Å². The highest BCUT2D eigenvalue weighted by Gasteiger charge is 2.16. The SMILES string of the molecule is Cl.OC(O)(O)CCCCCCCCCCCCP. The van der Waals surface area contributed by atoms with E-state index >= 15 is 0 Å². The van der Waals surface area contributed by atoms with Crippen LogP contribution in [-0.2, 0) is 0 Å². The maximum atomic E-state index is 8.67. The summed E-state index contributed by atoms with van der Waals surface area (Å²) in [5.74, 6) is -2.46. The quantitative estimate of drug-likeness (QED) is 0.295. The van der Waals surface area contributed by atoms with Gasteiger partial charge in [0, 0.05) is 6.42 Å². The molecule has 0 bridgehead atoms. The third-order valence-electron chi connectivity index (χ3n) is 2.97. The summed E-state index contributed by atoms with van der Waals surface area (Å²) < 4.78 is 0. The molecular formula is C13H30ClO3P. The first-order valence-corrected chi connectivity index (χ1v) is 7.75. The lowest BCUT2D eigenvalue weighted by atomic mass is 10.1. The van der Waals surface area contributed by atoms with Gasteiger partial charge in [0.25, 0.3) is 5.97 Å². The zero-order valence-corrected chi connectivity index (χ0v) is 13.3. The molecule has 5 heteroatoms. The Morgan fingerprint density at radius 3 is 1.28 bits per heavy atom. The minimum absolute atomic E-state index is 0. The van der Waals surface area contributed by atoms with Crippen molar-refractivity contribution in [2.24, 2.45) is 0 Å². The summed E-state index contributed by atoms with van der Waals surface area (Å²) in [7, 11) is 2.77. The third-order valence-corrected chi connectivity index (χ3v) is 3.37. The van der Waals surface area contributed by atoms with Crippen LogP contribution in [0.5, 0.6) is 0 Å². The summed E-state index contributed by atoms with van der Waals surface area (Å²) in [6.07, 6.45) is 13.3. The van der Waals surface area contributed by atoms with E-state index in [1.807, 2.05) is 0 Å². The molecule has 0 aliphatic carbocycles. The lowest BCUT2D eigenvalue weighted by molar-refractivity contribution is -0.315. The second kappa shape index (κ2) is 14.0. The van der Waals surface area contributed by atoms with Crippen molar-refractivity contribution in [1.29, 1.82) is 0 Å². The molecule has 0 fully saturated rings. The van der Waals surface area contributed by atoms with Gasteiger partial charge in [0.15, 0.2) is 0 Å². The Bertz CT molecular complexity index is 163. The first-order valence-electron chi connectivity index (χ1n) is 6.93. The van der Waals surface area contributed by atoms with Crippen LogP contribution >= 0.6 is 21.6 Å². The van der Waals surface area contributed by atoms with Gasteiger partial charge in [0.1, 0.15) is 0 Å². The van der Waals surface area contributed by atoms with Crippen molar-refractivity contribution in [3.8, 4) is 0 Å². The topological polar surface area (TPSA) is 60.7 Å². The largest absolute Gasteiger partial charge is 0.344 e. The van der Waals surface area contributed by atoms with E-state index in [1.54, 1.807) is 0 Å². The van der Waals surface area contributed by atoms with Gasteiger partial charge in [0.2, 0.25) is 0 Å². The molecule has 3 N–H and O–H groups in total. The molecule has 0 spiro atoms. The molecule has 0 saturated carbocycles. The predicted octanol–water partition coefficient (Wildman–Crippen LogP) is 3.21. The van der Waals surface area contributed by atoms with Crippen molar-refractivity contribution >= 4 is 21.6 Å². The molecule has 0 heterocycles. The fourth-order valence-electron chi connectivity index (χ4n) is 1.92. The van der Waals surface area contributed by atoms with Crippen LogP contribution < -0.4 is 0 Å². The Labute approximate surface area is 120 Å². The minimum Gasteiger partial charge on any atom is -0.344 e. The Hall–Kier alpha value is 0.600. The maximum Gasteiger partial charge on any atom is 0.275 e. The molecule has 0 radical (unpaired) electrons. The van der Waals surface area contributed by atoms with Crippen LogP contribution in [0.2, 0.25) is 0 Å². The van der Waals surface area contributed by atoms with Crippen molar-refractivity contribution in [3.05, 3.63) is 0 Å². The summed E-state index contributed by atoms with van der Waals surface area (Å²) in [4.78, 5) is 0. The molecule has 3 nitrogen and oxygen atoms in total. The third kappa shape index (κ3) is 19.0. The molecule has 1 atom stereocenters. The molecule has 0 aliphatic heterocycles. The minimum atomic E-state index is -2.46. The van der Waals surface area contributed by atoms with E-state index < -0.39 is 5.97 Å². The van der Waals surface area contributed by atoms with Crippen LogP contribution in [0.1, 0.15) is 70.6 Å². The van der Waals surface area contributed by atoms with Crippen LogP contribution in [0.25, 0.3) is 0 Å². The molecule has 112 valence electrons.